The van der Waals surface area contributed by atoms with E-state index in [0.717, 1.165) is 24.0 Å². The second-order valence-corrected chi connectivity index (χ2v) is 21.1. The molecule has 5 amide bonds. The Balaban J connectivity index is 0.00000101. The van der Waals surface area contributed by atoms with Gasteiger partial charge in [0.2, 0.25) is 17.7 Å². The molecule has 4 aromatic carbocycles. The molecular formula is C58H78ClN7O12. The van der Waals surface area contributed by atoms with Crippen molar-refractivity contribution in [3.63, 3.8) is 0 Å². The number of unbranched alkanes of at least 4 members (excludes halogenated alkanes) is 1. The quantitative estimate of drug-likeness (QED) is 0.0315. The van der Waals surface area contributed by atoms with Crippen LogP contribution in [-0.2, 0) is 35.0 Å². The number of benzene rings is 4. The van der Waals surface area contributed by atoms with Crippen LogP contribution in [0.3, 0.4) is 0 Å². The lowest BCUT2D eigenvalue weighted by Gasteiger charge is -2.32. The Morgan fingerprint density at radius 3 is 1.78 bits per heavy atom. The number of primary amides is 1. The van der Waals surface area contributed by atoms with E-state index >= 15 is 0 Å². The van der Waals surface area contributed by atoms with Crippen LogP contribution >= 0.6 is 11.6 Å². The summed E-state index contributed by atoms with van der Waals surface area (Å²) >= 11 is 6.05. The number of hydrogen-bond donors (Lipinski definition) is 6. The van der Waals surface area contributed by atoms with E-state index in [2.05, 4.69) is 28.2 Å². The lowest BCUT2D eigenvalue weighted by Crippen LogP contribution is -2.50. The summed E-state index contributed by atoms with van der Waals surface area (Å²) in [7, 11) is 1.60. The molecule has 0 saturated carbocycles. The molecule has 0 aliphatic carbocycles. The number of nitrogens with one attached hydrogen (secondary N) is 4. The van der Waals surface area contributed by atoms with Crippen LogP contribution < -0.4 is 42.2 Å². The van der Waals surface area contributed by atoms with E-state index in [1.54, 1.807) is 102 Å². The van der Waals surface area contributed by atoms with Gasteiger partial charge in [0.15, 0.2) is 0 Å². The Kier molecular flexibility index (Phi) is 24.7. The number of rotatable bonds is 13. The second kappa shape index (κ2) is 29.8. The van der Waals surface area contributed by atoms with Crippen LogP contribution in [0.4, 0.5) is 14.4 Å². The fourth-order valence-corrected chi connectivity index (χ4v) is 7.44. The molecule has 19 nitrogen and oxygen atoms in total. The van der Waals surface area contributed by atoms with Crippen molar-refractivity contribution in [2.75, 3.05) is 33.2 Å². The lowest BCUT2D eigenvalue weighted by atomic mass is 9.93. The zero-order valence-corrected chi connectivity index (χ0v) is 47.9. The highest BCUT2D eigenvalue weighted by Crippen LogP contribution is 2.41. The molecule has 20 heteroatoms. The molecule has 0 radical (unpaired) electrons. The van der Waals surface area contributed by atoms with Crippen molar-refractivity contribution >= 4 is 53.6 Å². The molecule has 1 heterocycles. The SMILES string of the molecule is CC.CCCCNC(=O)OC(C)(C)C.CN(C(=CCN)CNC(=O)c1ccc(-c2ccc(Cl)cc2)cc1)C1C(=O)NCC(=O)NC(C(N)=O)Cc2ccc(OC(=O)OC(C)(C)C)c(c2)-c2cc1ccc2OC(=O)OC(C)(C)C. The van der Waals surface area contributed by atoms with Gasteiger partial charge in [-0.2, -0.15) is 0 Å². The van der Waals surface area contributed by atoms with E-state index < -0.39 is 71.4 Å². The standard InChI is InChI=1S/C47H53ClN6O10.C9H19NO2.C2H6/c1-46(2,3)63-44(59)61-37-18-8-27-22-34(37)35-24-31(15-19-38(35)62-45(60)64-47(4,5)6)40(43(58)52-26-39(55)53-36(23-27)41(50)56)54(7)33(20-21-49)25-51-42(57)30-11-9-28(10-12-30)29-13-16-32(48)17-14-29;1-5-6-7-10-8(11)12-9(2,3)4;1-2/h8-20,22,24,36,40H,21,23,25-26,49H2,1-7H3,(H2,50,56)(H,51,57)(H,52,58)(H,53,55);5-7H2,1-4H3,(H,10,11);1-2H3. The van der Waals surface area contributed by atoms with Crippen LogP contribution in [0.2, 0.25) is 5.02 Å². The minimum Gasteiger partial charge on any atom is -0.444 e. The Bertz CT molecular complexity index is 2730. The molecule has 1 aliphatic rings. The number of alkyl carbamates (subject to hydrolysis) is 1. The van der Waals surface area contributed by atoms with Gasteiger partial charge in [-0.3, -0.25) is 19.2 Å². The molecule has 424 valence electrons. The van der Waals surface area contributed by atoms with Crippen LogP contribution in [0.5, 0.6) is 11.5 Å². The number of halogens is 1. The zero-order valence-electron chi connectivity index (χ0n) is 47.1. The van der Waals surface area contributed by atoms with Gasteiger partial charge >= 0.3 is 18.4 Å². The number of ether oxygens (including phenoxy) is 5. The molecule has 4 aromatic rings. The Hall–Kier alpha value is -7.64. The smallest absolute Gasteiger partial charge is 0.444 e. The normalized spacial score (nSPS) is 14.6. The molecule has 78 heavy (non-hydrogen) atoms. The van der Waals surface area contributed by atoms with Crippen molar-refractivity contribution in [1.29, 1.82) is 0 Å². The lowest BCUT2D eigenvalue weighted by molar-refractivity contribution is -0.130. The van der Waals surface area contributed by atoms with Crippen molar-refractivity contribution in [1.82, 2.24) is 26.2 Å². The third-order valence-electron chi connectivity index (χ3n) is 10.8. The van der Waals surface area contributed by atoms with Crippen LogP contribution in [0.25, 0.3) is 22.3 Å². The maximum Gasteiger partial charge on any atom is 0.514 e. The summed E-state index contributed by atoms with van der Waals surface area (Å²) < 4.78 is 27.5. The summed E-state index contributed by atoms with van der Waals surface area (Å²) in [5, 5.41) is 11.4. The van der Waals surface area contributed by atoms with Crippen molar-refractivity contribution in [2.24, 2.45) is 11.5 Å². The van der Waals surface area contributed by atoms with Crippen LogP contribution in [0.1, 0.15) is 123 Å². The minimum absolute atomic E-state index is 0.0165. The van der Waals surface area contributed by atoms with Gasteiger partial charge in [-0.05, 0) is 146 Å². The van der Waals surface area contributed by atoms with Gasteiger partial charge in [-0.1, -0.05) is 75.2 Å². The van der Waals surface area contributed by atoms with E-state index in [1.807, 2.05) is 58.9 Å². The fraction of sp³-hybridized carbons (Fsp3) is 0.431. The maximum atomic E-state index is 14.4. The molecule has 1 aliphatic heterocycles. The van der Waals surface area contributed by atoms with Gasteiger partial charge in [0.05, 0.1) is 13.1 Å². The molecular weight excluding hydrogens is 1020 g/mol. The topological polar surface area (TPSA) is 269 Å². The second-order valence-electron chi connectivity index (χ2n) is 20.7. The number of carbonyl (C=O) groups excluding carboxylic acids is 7. The van der Waals surface area contributed by atoms with Gasteiger partial charge in [-0.25, -0.2) is 14.4 Å². The van der Waals surface area contributed by atoms with Gasteiger partial charge < -0.3 is 61.3 Å². The highest BCUT2D eigenvalue weighted by Gasteiger charge is 2.32. The molecule has 8 N–H and O–H groups in total. The molecule has 0 spiro atoms. The molecule has 2 unspecified atom stereocenters. The first-order chi connectivity index (χ1) is 36.6. The number of likely N-dealkylation sites (N-methyl/N-ethyl adjacent to an activating group) is 1. The molecule has 2 atom stereocenters. The first kappa shape index (κ1) is 64.6. The highest BCUT2D eigenvalue weighted by atomic mass is 35.5. The van der Waals surface area contributed by atoms with Gasteiger partial charge in [0, 0.05) is 54.0 Å². The molecule has 0 saturated heterocycles. The predicted molar refractivity (Wildman–Crippen MR) is 301 cm³/mol. The fourth-order valence-electron chi connectivity index (χ4n) is 7.31. The Labute approximate surface area is 463 Å². The summed E-state index contributed by atoms with van der Waals surface area (Å²) in [6.07, 6.45) is 1.19. The van der Waals surface area contributed by atoms with Crippen molar-refractivity contribution in [2.45, 2.75) is 131 Å². The number of nitrogens with two attached hydrogens (primary N) is 2. The van der Waals surface area contributed by atoms with E-state index in [1.165, 1.54) is 18.2 Å². The van der Waals surface area contributed by atoms with E-state index in [0.29, 0.717) is 34.0 Å². The number of hydrogen-bond acceptors (Lipinski definition) is 14. The number of fused-ring (bicyclic) bond motifs is 5. The summed E-state index contributed by atoms with van der Waals surface area (Å²) in [6.45, 7) is 21.7. The molecule has 0 aromatic heterocycles. The summed E-state index contributed by atoms with van der Waals surface area (Å²) in [5.74, 6) is -2.73. The molecule has 0 fully saturated rings. The summed E-state index contributed by atoms with van der Waals surface area (Å²) in [5.41, 5.74) is 13.2. The van der Waals surface area contributed by atoms with Gasteiger partial charge in [0.25, 0.3) is 5.91 Å². The van der Waals surface area contributed by atoms with Crippen LogP contribution in [-0.4, -0.2) is 103 Å². The van der Waals surface area contributed by atoms with E-state index in [9.17, 15) is 33.6 Å². The van der Waals surface area contributed by atoms with Crippen molar-refractivity contribution < 1.29 is 57.2 Å². The average Bonchev–Trinajstić information content (AvgIpc) is 3.38. The zero-order chi connectivity index (χ0) is 58.5. The van der Waals surface area contributed by atoms with Crippen molar-refractivity contribution in [3.05, 3.63) is 118 Å². The minimum atomic E-state index is -1.25. The van der Waals surface area contributed by atoms with Crippen molar-refractivity contribution in [3.8, 4) is 33.8 Å². The first-order valence-corrected chi connectivity index (χ1v) is 26.1. The van der Waals surface area contributed by atoms with Gasteiger partial charge in [-0.15, -0.1) is 0 Å². The molecule has 5 rings (SSSR count). The summed E-state index contributed by atoms with van der Waals surface area (Å²) in [6, 6.07) is 21.0. The first-order valence-electron chi connectivity index (χ1n) is 25.7. The number of carbonyl (C=O) groups is 7. The third-order valence-corrected chi connectivity index (χ3v) is 11.0. The highest BCUT2D eigenvalue weighted by molar-refractivity contribution is 6.30. The van der Waals surface area contributed by atoms with Crippen LogP contribution in [0, 0.1) is 0 Å². The Morgan fingerprint density at radius 2 is 1.27 bits per heavy atom. The van der Waals surface area contributed by atoms with Crippen LogP contribution in [0.15, 0.2) is 96.7 Å². The summed E-state index contributed by atoms with van der Waals surface area (Å²) in [4.78, 5) is 92.7. The number of amides is 5. The third kappa shape index (κ3) is 21.8. The number of nitrogens with zero attached hydrogens (tertiary/aromatic N) is 1. The average molecular weight is 1100 g/mol. The largest absolute Gasteiger partial charge is 0.514 e. The molecule has 4 bridgehead atoms. The maximum absolute atomic E-state index is 14.4. The van der Waals surface area contributed by atoms with E-state index in [4.69, 9.17) is 46.8 Å². The monoisotopic (exact) mass is 1100 g/mol. The van der Waals surface area contributed by atoms with Gasteiger partial charge in [0.1, 0.15) is 40.4 Å². The predicted octanol–water partition coefficient (Wildman–Crippen LogP) is 9.53. The van der Waals surface area contributed by atoms with E-state index in [-0.39, 0.29) is 48.2 Å². The Morgan fingerprint density at radius 1 is 0.744 bits per heavy atom.